The first kappa shape index (κ1) is 11.5. The number of carbonyl (C=O) groups excluding carboxylic acids is 1. The number of hydrogen-bond donors (Lipinski definition) is 0. The predicted octanol–water partition coefficient (Wildman–Crippen LogP) is 3.10. The van der Waals surface area contributed by atoms with Crippen molar-refractivity contribution in [1.82, 2.24) is 4.90 Å². The molecule has 1 aromatic heterocycles. The van der Waals surface area contributed by atoms with Gasteiger partial charge < -0.3 is 9.64 Å². The number of nitrogens with zero attached hydrogens (tertiary/aromatic N) is 1. The van der Waals surface area contributed by atoms with Crippen LogP contribution in [0.4, 0.5) is 4.79 Å². The van der Waals surface area contributed by atoms with Gasteiger partial charge in [0.2, 0.25) is 0 Å². The topological polar surface area (TPSA) is 29.5 Å². The maximum atomic E-state index is 11.3. The van der Waals surface area contributed by atoms with Crippen molar-refractivity contribution < 1.29 is 9.53 Å². The quantitative estimate of drug-likeness (QED) is 0.850. The van der Waals surface area contributed by atoms with E-state index in [0.717, 1.165) is 9.35 Å². The van der Waals surface area contributed by atoms with E-state index in [-0.39, 0.29) is 6.09 Å². The van der Waals surface area contributed by atoms with Crippen molar-refractivity contribution in [2.75, 3.05) is 13.7 Å². The monoisotopic (exact) mass is 277 g/mol. The zero-order valence-corrected chi connectivity index (χ0v) is 10.5. The van der Waals surface area contributed by atoms with Crippen molar-refractivity contribution in [2.24, 2.45) is 0 Å². The first-order valence-electron chi connectivity index (χ1n) is 4.24. The van der Waals surface area contributed by atoms with Crippen molar-refractivity contribution in [3.63, 3.8) is 0 Å². The number of hydrogen-bond acceptors (Lipinski definition) is 3. The Hall–Kier alpha value is -0.550. The van der Waals surface area contributed by atoms with Crippen LogP contribution >= 0.6 is 27.3 Å². The largest absolute Gasteiger partial charge is 0.450 e. The first-order chi connectivity index (χ1) is 6.63. The van der Waals surface area contributed by atoms with E-state index in [9.17, 15) is 4.79 Å². The zero-order chi connectivity index (χ0) is 10.6. The summed E-state index contributed by atoms with van der Waals surface area (Å²) in [5, 5.41) is 1.99. The highest BCUT2D eigenvalue weighted by molar-refractivity contribution is 9.10. The lowest BCUT2D eigenvalue weighted by atomic mass is 10.4. The molecule has 0 aliphatic heterocycles. The molecule has 0 aromatic carbocycles. The second-order valence-corrected chi connectivity index (χ2v) is 4.70. The number of ether oxygens (including phenoxy) is 1. The predicted molar refractivity (Wildman–Crippen MR) is 60.5 cm³/mol. The van der Waals surface area contributed by atoms with Gasteiger partial charge in [0, 0.05) is 21.8 Å². The van der Waals surface area contributed by atoms with E-state index in [1.807, 2.05) is 11.4 Å². The lowest BCUT2D eigenvalue weighted by molar-refractivity contribution is 0.114. The Kier molecular flexibility index (Phi) is 4.41. The smallest absolute Gasteiger partial charge is 0.409 e. The molecule has 0 radical (unpaired) electrons. The highest BCUT2D eigenvalue weighted by Gasteiger charge is 2.10. The maximum Gasteiger partial charge on any atom is 0.409 e. The molecule has 1 aromatic rings. The SMILES string of the molecule is CCOC(=O)N(C)Cc1cc(Br)cs1. The molecule has 0 aliphatic rings. The van der Waals surface area contributed by atoms with E-state index in [1.165, 1.54) is 0 Å². The summed E-state index contributed by atoms with van der Waals surface area (Å²) >= 11 is 4.98. The van der Waals surface area contributed by atoms with Gasteiger partial charge in [0.1, 0.15) is 0 Å². The molecule has 0 saturated heterocycles. The Morgan fingerprint density at radius 1 is 1.71 bits per heavy atom. The van der Waals surface area contributed by atoms with Crippen molar-refractivity contribution in [2.45, 2.75) is 13.5 Å². The Bertz CT molecular complexity index is 314. The van der Waals surface area contributed by atoms with Gasteiger partial charge in [0.05, 0.1) is 13.2 Å². The minimum absolute atomic E-state index is 0.281. The average molecular weight is 278 g/mol. The van der Waals surface area contributed by atoms with Gasteiger partial charge in [-0.15, -0.1) is 11.3 Å². The Labute approximate surface area is 95.8 Å². The molecule has 0 saturated carbocycles. The second-order valence-electron chi connectivity index (χ2n) is 2.79. The number of rotatable bonds is 3. The molecule has 0 N–H and O–H groups in total. The van der Waals surface area contributed by atoms with Crippen molar-refractivity contribution in [3.05, 3.63) is 20.8 Å². The van der Waals surface area contributed by atoms with Gasteiger partial charge in [-0.1, -0.05) is 0 Å². The molecule has 1 heterocycles. The Morgan fingerprint density at radius 3 is 2.93 bits per heavy atom. The van der Waals surface area contributed by atoms with E-state index in [1.54, 1.807) is 30.2 Å². The van der Waals surface area contributed by atoms with Gasteiger partial charge in [-0.3, -0.25) is 0 Å². The van der Waals surface area contributed by atoms with Crippen LogP contribution in [-0.4, -0.2) is 24.6 Å². The molecule has 1 amide bonds. The molecule has 0 spiro atoms. The summed E-state index contributed by atoms with van der Waals surface area (Å²) in [5.41, 5.74) is 0. The van der Waals surface area contributed by atoms with Gasteiger partial charge in [-0.25, -0.2) is 4.79 Å². The second kappa shape index (κ2) is 5.36. The molecular weight excluding hydrogens is 266 g/mol. The summed E-state index contributed by atoms with van der Waals surface area (Å²) in [6.45, 7) is 2.81. The van der Waals surface area contributed by atoms with Gasteiger partial charge in [-0.05, 0) is 28.9 Å². The van der Waals surface area contributed by atoms with Crippen LogP contribution < -0.4 is 0 Å². The van der Waals surface area contributed by atoms with Crippen LogP contribution in [0.5, 0.6) is 0 Å². The lowest BCUT2D eigenvalue weighted by Crippen LogP contribution is -2.26. The van der Waals surface area contributed by atoms with Crippen LogP contribution in [0.25, 0.3) is 0 Å². The molecule has 78 valence electrons. The van der Waals surface area contributed by atoms with Gasteiger partial charge in [0.25, 0.3) is 0 Å². The molecule has 0 bridgehead atoms. The number of thiophene rings is 1. The maximum absolute atomic E-state index is 11.3. The average Bonchev–Trinajstić information content (AvgIpc) is 2.51. The van der Waals surface area contributed by atoms with Crippen LogP contribution in [0.15, 0.2) is 15.9 Å². The van der Waals surface area contributed by atoms with E-state index in [4.69, 9.17) is 4.74 Å². The van der Waals surface area contributed by atoms with Gasteiger partial charge in [-0.2, -0.15) is 0 Å². The van der Waals surface area contributed by atoms with Crippen molar-refractivity contribution >= 4 is 33.4 Å². The zero-order valence-electron chi connectivity index (χ0n) is 8.12. The van der Waals surface area contributed by atoms with Crippen LogP contribution in [0.1, 0.15) is 11.8 Å². The summed E-state index contributed by atoms with van der Waals surface area (Å²) < 4.78 is 5.91. The number of amides is 1. The van der Waals surface area contributed by atoms with Crippen LogP contribution in [0, 0.1) is 0 Å². The number of halogens is 1. The Balaban J connectivity index is 2.48. The highest BCUT2D eigenvalue weighted by atomic mass is 79.9. The van der Waals surface area contributed by atoms with Crippen molar-refractivity contribution in [1.29, 1.82) is 0 Å². The van der Waals surface area contributed by atoms with Gasteiger partial charge in [0.15, 0.2) is 0 Å². The molecule has 1 rings (SSSR count). The third kappa shape index (κ3) is 3.31. The lowest BCUT2D eigenvalue weighted by Gasteiger charge is -2.14. The first-order valence-corrected chi connectivity index (χ1v) is 5.91. The van der Waals surface area contributed by atoms with Crippen LogP contribution in [0.2, 0.25) is 0 Å². The molecule has 0 aliphatic carbocycles. The number of carbonyl (C=O) groups is 1. The summed E-state index contributed by atoms with van der Waals surface area (Å²) in [6.07, 6.45) is -0.281. The summed E-state index contributed by atoms with van der Waals surface area (Å²) in [5.74, 6) is 0. The van der Waals surface area contributed by atoms with E-state index in [0.29, 0.717) is 13.2 Å². The molecule has 0 fully saturated rings. The van der Waals surface area contributed by atoms with Crippen LogP contribution in [0.3, 0.4) is 0 Å². The van der Waals surface area contributed by atoms with Crippen molar-refractivity contribution in [3.8, 4) is 0 Å². The molecule has 14 heavy (non-hydrogen) atoms. The van der Waals surface area contributed by atoms with E-state index < -0.39 is 0 Å². The Morgan fingerprint density at radius 2 is 2.43 bits per heavy atom. The normalized spacial score (nSPS) is 9.93. The molecular formula is C9H12BrNO2S. The van der Waals surface area contributed by atoms with E-state index in [2.05, 4.69) is 15.9 Å². The summed E-state index contributed by atoms with van der Waals surface area (Å²) in [4.78, 5) is 13.9. The van der Waals surface area contributed by atoms with Crippen LogP contribution in [-0.2, 0) is 11.3 Å². The fourth-order valence-electron chi connectivity index (χ4n) is 0.969. The van der Waals surface area contributed by atoms with E-state index >= 15 is 0 Å². The molecule has 0 atom stereocenters. The molecule has 5 heteroatoms. The minimum atomic E-state index is -0.281. The minimum Gasteiger partial charge on any atom is -0.450 e. The fraction of sp³-hybridized carbons (Fsp3) is 0.444. The van der Waals surface area contributed by atoms with Gasteiger partial charge >= 0.3 is 6.09 Å². The summed E-state index contributed by atoms with van der Waals surface area (Å²) in [7, 11) is 1.73. The fourth-order valence-corrected chi connectivity index (χ4v) is 2.47. The highest BCUT2D eigenvalue weighted by Crippen LogP contribution is 2.20. The third-order valence-corrected chi connectivity index (χ3v) is 3.28. The summed E-state index contributed by atoms with van der Waals surface area (Å²) in [6, 6.07) is 2.00. The standard InChI is InChI=1S/C9H12BrNO2S/c1-3-13-9(12)11(2)5-8-4-7(10)6-14-8/h4,6H,3,5H2,1-2H3. The molecule has 3 nitrogen and oxygen atoms in total. The third-order valence-electron chi connectivity index (χ3n) is 1.59. The molecule has 0 unspecified atom stereocenters.